The van der Waals surface area contributed by atoms with E-state index in [9.17, 15) is 5.11 Å². The van der Waals surface area contributed by atoms with Gasteiger partial charge in [-0.2, -0.15) is 0 Å². The van der Waals surface area contributed by atoms with E-state index in [-0.39, 0.29) is 5.82 Å². The van der Waals surface area contributed by atoms with E-state index in [1.165, 1.54) is 0 Å². The molecule has 204 valence electrons. The van der Waals surface area contributed by atoms with E-state index in [2.05, 4.69) is 20.2 Å². The maximum Gasteiger partial charge on any atom is 0.186 e. The monoisotopic (exact) mass is 562 g/mol. The molecule has 0 aliphatic rings. The molecule has 0 bridgehead atoms. The highest BCUT2D eigenvalue weighted by Gasteiger charge is 2.23. The fourth-order valence-electron chi connectivity index (χ4n) is 4.70. The Hall–Kier alpha value is -4.73. The number of hydrogen-bond acceptors (Lipinski definition) is 8. The maximum atomic E-state index is 10.4. The number of benzene rings is 2. The summed E-state index contributed by atoms with van der Waals surface area (Å²) in [5.74, 6) is 1.36. The lowest BCUT2D eigenvalue weighted by atomic mass is 10.0. The Balaban J connectivity index is 1.47. The zero-order valence-corrected chi connectivity index (χ0v) is 23.5. The van der Waals surface area contributed by atoms with Gasteiger partial charge in [-0.15, -0.1) is 10.2 Å². The summed E-state index contributed by atoms with van der Waals surface area (Å²) in [4.78, 5) is 18.9. The first-order valence-electron chi connectivity index (χ1n) is 13.0. The second-order valence-electron chi connectivity index (χ2n) is 10.3. The summed E-state index contributed by atoms with van der Waals surface area (Å²) in [6.45, 7) is 3.41. The van der Waals surface area contributed by atoms with Gasteiger partial charge < -0.3 is 15.4 Å². The molecular weight excluding hydrogens is 536 g/mol. The Labute approximate surface area is 241 Å². The lowest BCUT2D eigenvalue weighted by molar-refractivity contribution is 0.0736. The molecule has 0 unspecified atom stereocenters. The van der Waals surface area contributed by atoms with Crippen molar-refractivity contribution < 1.29 is 5.11 Å². The number of nitrogens with zero attached hydrogens (tertiary/aromatic N) is 7. The Morgan fingerprint density at radius 2 is 1.63 bits per heavy atom. The Morgan fingerprint density at radius 1 is 0.854 bits per heavy atom. The molecule has 6 aromatic rings. The van der Waals surface area contributed by atoms with Crippen LogP contribution in [0.3, 0.4) is 0 Å². The molecule has 0 aliphatic carbocycles. The Morgan fingerprint density at radius 3 is 2.41 bits per heavy atom. The second-order valence-corrected chi connectivity index (χ2v) is 10.7. The minimum absolute atomic E-state index is 0.227. The maximum absolute atomic E-state index is 10.4. The highest BCUT2D eigenvalue weighted by atomic mass is 35.5. The summed E-state index contributed by atoms with van der Waals surface area (Å²) >= 11 is 6.66. The number of aromatic nitrogens is 7. The minimum Gasteiger partial charge on any atom is -0.384 e. The summed E-state index contributed by atoms with van der Waals surface area (Å²) < 4.78 is 1.84. The highest BCUT2D eigenvalue weighted by molar-refractivity contribution is 6.35. The largest absolute Gasteiger partial charge is 0.384 e. The van der Waals surface area contributed by atoms with Crippen molar-refractivity contribution >= 4 is 28.3 Å². The van der Waals surface area contributed by atoms with Crippen LogP contribution in [0.5, 0.6) is 0 Å². The van der Waals surface area contributed by atoms with Gasteiger partial charge in [0.25, 0.3) is 0 Å². The van der Waals surface area contributed by atoms with Crippen molar-refractivity contribution in [1.29, 1.82) is 0 Å². The summed E-state index contributed by atoms with van der Waals surface area (Å²) in [6, 6.07) is 23.0. The van der Waals surface area contributed by atoms with Gasteiger partial charge in [0, 0.05) is 35.5 Å². The molecule has 9 nitrogen and oxygen atoms in total. The Kier molecular flexibility index (Phi) is 6.69. The number of aliphatic hydroxyl groups is 1. The predicted octanol–water partition coefficient (Wildman–Crippen LogP) is 5.60. The number of pyridine rings is 2. The predicted molar refractivity (Wildman–Crippen MR) is 160 cm³/mol. The zero-order chi connectivity index (χ0) is 28.7. The molecule has 0 amide bonds. The van der Waals surface area contributed by atoms with Crippen LogP contribution in [-0.4, -0.2) is 39.8 Å². The van der Waals surface area contributed by atoms with Crippen molar-refractivity contribution in [3.05, 3.63) is 101 Å². The summed E-state index contributed by atoms with van der Waals surface area (Å²) in [5, 5.41) is 20.6. The third-order valence-corrected chi connectivity index (χ3v) is 7.14. The number of anilines is 1. The standard InChI is InChI=1S/C31H27ClN8O/c1-31(2,41)23-13-7-12-21(35-23)17-24-38-39-30(40(24)3)28-29(33)37-26(18-9-5-4-6-10-18)27(36-28)20-15-19-11-8-14-34-25(19)22(32)16-20/h4-16,41H,17H2,1-3H3,(H2,33,37). The second kappa shape index (κ2) is 10.3. The highest BCUT2D eigenvalue weighted by Crippen LogP contribution is 2.36. The van der Waals surface area contributed by atoms with Crippen LogP contribution in [-0.2, 0) is 19.1 Å². The summed E-state index contributed by atoms with van der Waals surface area (Å²) in [5.41, 5.74) is 10.8. The first-order valence-corrected chi connectivity index (χ1v) is 13.4. The normalized spacial score (nSPS) is 11.7. The fraction of sp³-hybridized carbons (Fsp3) is 0.161. The third kappa shape index (κ3) is 5.13. The van der Waals surface area contributed by atoms with Crippen molar-refractivity contribution in [3.8, 4) is 34.0 Å². The van der Waals surface area contributed by atoms with Gasteiger partial charge in [-0.3, -0.25) is 9.97 Å². The summed E-state index contributed by atoms with van der Waals surface area (Å²) in [6.07, 6.45) is 2.12. The number of rotatable bonds is 6. The third-order valence-electron chi connectivity index (χ3n) is 6.85. The molecule has 0 aliphatic heterocycles. The van der Waals surface area contributed by atoms with Gasteiger partial charge in [-0.1, -0.05) is 54.1 Å². The molecule has 0 fully saturated rings. The van der Waals surface area contributed by atoms with Gasteiger partial charge in [0.15, 0.2) is 17.3 Å². The van der Waals surface area contributed by atoms with Crippen LogP contribution in [0.1, 0.15) is 31.1 Å². The van der Waals surface area contributed by atoms with Crippen molar-refractivity contribution in [3.63, 3.8) is 0 Å². The van der Waals surface area contributed by atoms with E-state index < -0.39 is 5.60 Å². The topological polar surface area (TPSA) is 129 Å². The van der Waals surface area contributed by atoms with Crippen molar-refractivity contribution in [2.75, 3.05) is 5.73 Å². The number of hydrogen-bond donors (Lipinski definition) is 2. The van der Waals surface area contributed by atoms with Crippen molar-refractivity contribution in [1.82, 2.24) is 34.7 Å². The van der Waals surface area contributed by atoms with Gasteiger partial charge in [-0.05, 0) is 44.2 Å². The van der Waals surface area contributed by atoms with E-state index in [4.69, 9.17) is 27.3 Å². The number of nitrogen functional groups attached to an aromatic ring is 1. The molecule has 0 saturated heterocycles. The van der Waals surface area contributed by atoms with Crippen molar-refractivity contribution in [2.45, 2.75) is 25.9 Å². The van der Waals surface area contributed by atoms with Gasteiger partial charge in [0.2, 0.25) is 0 Å². The van der Waals surface area contributed by atoms with Gasteiger partial charge in [0.05, 0.1) is 34.0 Å². The average Bonchev–Trinajstić information content (AvgIpc) is 3.32. The molecule has 0 atom stereocenters. The molecule has 0 spiro atoms. The molecule has 4 heterocycles. The lowest BCUT2D eigenvalue weighted by Gasteiger charge is -2.17. The molecular formula is C31H27ClN8O. The Bertz CT molecular complexity index is 1900. The number of nitrogens with two attached hydrogens (primary N) is 1. The van der Waals surface area contributed by atoms with E-state index >= 15 is 0 Å². The lowest BCUT2D eigenvalue weighted by Crippen LogP contribution is -2.18. The summed E-state index contributed by atoms with van der Waals surface area (Å²) in [7, 11) is 1.86. The number of halogens is 1. The van der Waals surface area contributed by atoms with Gasteiger partial charge in [-0.25, -0.2) is 9.97 Å². The van der Waals surface area contributed by atoms with Crippen LogP contribution in [0.15, 0.2) is 79.0 Å². The average molecular weight is 563 g/mol. The van der Waals surface area contributed by atoms with E-state index in [1.807, 2.05) is 78.3 Å². The minimum atomic E-state index is -1.05. The van der Waals surface area contributed by atoms with Crippen LogP contribution in [0.4, 0.5) is 5.82 Å². The van der Waals surface area contributed by atoms with Crippen molar-refractivity contribution in [2.24, 2.45) is 7.05 Å². The smallest absolute Gasteiger partial charge is 0.186 e. The zero-order valence-electron chi connectivity index (χ0n) is 22.7. The van der Waals surface area contributed by atoms with Crippen LogP contribution in [0.2, 0.25) is 5.02 Å². The molecule has 0 saturated carbocycles. The van der Waals surface area contributed by atoms with E-state index in [0.29, 0.717) is 51.4 Å². The molecule has 4 aromatic heterocycles. The first kappa shape index (κ1) is 26.5. The van der Waals surface area contributed by atoms with Gasteiger partial charge in [0.1, 0.15) is 11.4 Å². The molecule has 3 N–H and O–H groups in total. The first-order chi connectivity index (χ1) is 19.7. The van der Waals surface area contributed by atoms with E-state index in [1.54, 1.807) is 26.1 Å². The van der Waals surface area contributed by atoms with Gasteiger partial charge >= 0.3 is 0 Å². The van der Waals surface area contributed by atoms with Crippen LogP contribution in [0.25, 0.3) is 44.9 Å². The van der Waals surface area contributed by atoms with Crippen LogP contribution < -0.4 is 5.73 Å². The van der Waals surface area contributed by atoms with Crippen LogP contribution in [0, 0.1) is 0 Å². The number of fused-ring (bicyclic) bond motifs is 1. The fourth-order valence-corrected chi connectivity index (χ4v) is 4.97. The molecule has 10 heteroatoms. The molecule has 6 rings (SSSR count). The van der Waals surface area contributed by atoms with Crippen LogP contribution >= 0.6 is 11.6 Å². The molecule has 41 heavy (non-hydrogen) atoms. The quantitative estimate of drug-likeness (QED) is 0.268. The molecule has 2 aromatic carbocycles. The SMILES string of the molecule is Cn1c(Cc2cccc(C(C)(C)O)n2)nnc1-c1nc(-c2cc(Cl)c3ncccc3c2)c(-c2ccccc2)nc1N. The van der Waals surface area contributed by atoms with E-state index in [0.717, 1.165) is 22.2 Å². The molecule has 0 radical (unpaired) electrons.